The third-order valence-electron chi connectivity index (χ3n) is 4.44. The number of hydrogen-bond acceptors (Lipinski definition) is 6. The molecule has 3 aromatic rings. The van der Waals surface area contributed by atoms with Crippen LogP contribution in [0.1, 0.15) is 20.2 Å². The fourth-order valence-corrected chi connectivity index (χ4v) is 3.42. The fraction of sp³-hybridized carbons (Fsp3) is 0.222. The molecule has 1 amide bonds. The molecule has 0 aliphatic carbocycles. The SMILES string of the molecule is [2H]C([2H])([2H])NC(=O)c1cnc(Cl)c(F)c1Nc1cccc2c1N(C)Cc1nn(C)nc1-2. The summed E-state index contributed by atoms with van der Waals surface area (Å²) in [5.74, 6) is -1.99. The van der Waals surface area contributed by atoms with Crippen molar-refractivity contribution in [2.75, 3.05) is 24.2 Å². The van der Waals surface area contributed by atoms with E-state index in [1.54, 1.807) is 19.2 Å². The highest BCUT2D eigenvalue weighted by molar-refractivity contribution is 6.30. The number of aromatic nitrogens is 4. The molecule has 3 heterocycles. The number of pyridine rings is 1. The first-order valence-electron chi connectivity index (χ1n) is 9.73. The highest BCUT2D eigenvalue weighted by atomic mass is 35.5. The fourth-order valence-electron chi connectivity index (χ4n) is 3.27. The van der Waals surface area contributed by atoms with Crippen LogP contribution in [0.3, 0.4) is 0 Å². The summed E-state index contributed by atoms with van der Waals surface area (Å²) in [7, 11) is 3.57. The van der Waals surface area contributed by atoms with Gasteiger partial charge in [0.05, 0.1) is 29.2 Å². The molecule has 0 fully saturated rings. The van der Waals surface area contributed by atoms with Crippen LogP contribution in [0.25, 0.3) is 11.3 Å². The molecule has 144 valence electrons. The molecule has 2 aromatic heterocycles. The number of carbonyl (C=O) groups is 1. The van der Waals surface area contributed by atoms with E-state index in [1.165, 1.54) is 4.80 Å². The standard InChI is InChI=1S/C18H17ClFN7O/c1-21-18(28)10-7-22-17(19)13(20)15(10)23-11-6-4-5-9-14-12(24-27(3)25-14)8-26(2)16(9)11/h4-7H,8H2,1-3H3,(H,21,28)(H,22,23)/i1D3. The number of benzene rings is 1. The van der Waals surface area contributed by atoms with E-state index in [9.17, 15) is 9.18 Å². The van der Waals surface area contributed by atoms with Crippen molar-refractivity contribution >= 4 is 34.6 Å². The van der Waals surface area contributed by atoms with Crippen molar-refractivity contribution in [2.24, 2.45) is 7.05 Å². The van der Waals surface area contributed by atoms with Gasteiger partial charge in [-0.2, -0.15) is 15.0 Å². The number of para-hydroxylation sites is 1. The van der Waals surface area contributed by atoms with Gasteiger partial charge in [-0.05, 0) is 6.07 Å². The molecule has 10 heteroatoms. The van der Waals surface area contributed by atoms with Crippen molar-refractivity contribution in [3.63, 3.8) is 0 Å². The Hall–Kier alpha value is -3.20. The number of amides is 1. The summed E-state index contributed by atoms with van der Waals surface area (Å²) in [5, 5.41) is 13.1. The van der Waals surface area contributed by atoms with Crippen LogP contribution in [-0.2, 0) is 13.6 Å². The molecule has 0 unspecified atom stereocenters. The van der Waals surface area contributed by atoms with Gasteiger partial charge in [0, 0.05) is 36.9 Å². The van der Waals surface area contributed by atoms with Crippen LogP contribution in [0.2, 0.25) is 5.15 Å². The first-order chi connectivity index (χ1) is 14.5. The zero-order valence-electron chi connectivity index (χ0n) is 17.9. The predicted molar refractivity (Wildman–Crippen MR) is 104 cm³/mol. The Morgan fingerprint density at radius 3 is 2.96 bits per heavy atom. The maximum Gasteiger partial charge on any atom is 0.254 e. The van der Waals surface area contributed by atoms with Gasteiger partial charge >= 0.3 is 0 Å². The minimum absolute atomic E-state index is 0.284. The largest absolute Gasteiger partial charge is 0.366 e. The summed E-state index contributed by atoms with van der Waals surface area (Å²) in [6.45, 7) is -2.28. The highest BCUT2D eigenvalue weighted by Crippen LogP contribution is 2.43. The Labute approximate surface area is 169 Å². The molecule has 0 bridgehead atoms. The predicted octanol–water partition coefficient (Wildman–Crippen LogP) is 2.72. The zero-order valence-corrected chi connectivity index (χ0v) is 15.7. The topological polar surface area (TPSA) is 88.0 Å². The van der Waals surface area contributed by atoms with Crippen molar-refractivity contribution in [1.29, 1.82) is 0 Å². The lowest BCUT2D eigenvalue weighted by molar-refractivity contribution is 0.0963. The van der Waals surface area contributed by atoms with E-state index in [1.807, 2.05) is 23.3 Å². The van der Waals surface area contributed by atoms with E-state index in [-0.39, 0.29) is 11.3 Å². The number of fused-ring (bicyclic) bond motifs is 3. The molecular formula is C18H17ClFN7O. The maximum absolute atomic E-state index is 14.9. The average Bonchev–Trinajstić information content (AvgIpc) is 3.04. The Kier molecular flexibility index (Phi) is 3.57. The molecule has 1 aliphatic heterocycles. The van der Waals surface area contributed by atoms with Gasteiger partial charge in [-0.15, -0.1) is 0 Å². The van der Waals surface area contributed by atoms with Crippen molar-refractivity contribution in [3.8, 4) is 11.3 Å². The zero-order chi connectivity index (χ0) is 22.5. The van der Waals surface area contributed by atoms with E-state index in [2.05, 4.69) is 20.5 Å². The van der Waals surface area contributed by atoms with Crippen LogP contribution in [0.5, 0.6) is 0 Å². The van der Waals surface area contributed by atoms with Gasteiger partial charge in [0.15, 0.2) is 11.0 Å². The highest BCUT2D eigenvalue weighted by Gasteiger charge is 2.27. The summed E-state index contributed by atoms with van der Waals surface area (Å²) < 4.78 is 36.6. The smallest absolute Gasteiger partial charge is 0.254 e. The molecule has 1 aliphatic rings. The number of aryl methyl sites for hydroxylation is 1. The second kappa shape index (κ2) is 6.75. The van der Waals surface area contributed by atoms with E-state index < -0.39 is 23.9 Å². The summed E-state index contributed by atoms with van der Waals surface area (Å²) in [6.07, 6.45) is 1.02. The summed E-state index contributed by atoms with van der Waals surface area (Å²) in [6, 6.07) is 5.32. The maximum atomic E-state index is 14.9. The van der Waals surface area contributed by atoms with Gasteiger partial charge in [0.2, 0.25) is 0 Å². The average molecular weight is 405 g/mol. The lowest BCUT2D eigenvalue weighted by Gasteiger charge is -2.29. The van der Waals surface area contributed by atoms with Crippen LogP contribution < -0.4 is 15.5 Å². The van der Waals surface area contributed by atoms with E-state index >= 15 is 0 Å². The summed E-state index contributed by atoms with van der Waals surface area (Å²) in [5.41, 5.74) is 2.88. The van der Waals surface area contributed by atoms with Gasteiger partial charge in [-0.1, -0.05) is 23.7 Å². The van der Waals surface area contributed by atoms with E-state index in [0.29, 0.717) is 23.6 Å². The van der Waals surface area contributed by atoms with Gasteiger partial charge in [-0.3, -0.25) is 4.79 Å². The number of rotatable bonds is 3. The normalized spacial score (nSPS) is 14.4. The van der Waals surface area contributed by atoms with Crippen LogP contribution >= 0.6 is 11.6 Å². The third kappa shape index (κ3) is 2.84. The number of nitrogens with one attached hydrogen (secondary N) is 2. The van der Waals surface area contributed by atoms with Crippen LogP contribution in [0.4, 0.5) is 21.5 Å². The third-order valence-corrected chi connectivity index (χ3v) is 4.70. The monoisotopic (exact) mass is 404 g/mol. The van der Waals surface area contributed by atoms with E-state index in [4.69, 9.17) is 15.7 Å². The van der Waals surface area contributed by atoms with Crippen molar-refractivity contribution in [3.05, 3.63) is 46.6 Å². The minimum Gasteiger partial charge on any atom is -0.366 e. The molecular weight excluding hydrogens is 385 g/mol. The quantitative estimate of drug-likeness (QED) is 0.652. The van der Waals surface area contributed by atoms with Gasteiger partial charge in [0.25, 0.3) is 5.91 Å². The van der Waals surface area contributed by atoms with Crippen molar-refractivity contribution in [2.45, 2.75) is 6.54 Å². The van der Waals surface area contributed by atoms with Gasteiger partial charge in [0.1, 0.15) is 11.4 Å². The van der Waals surface area contributed by atoms with Crippen LogP contribution in [-0.4, -0.2) is 39.9 Å². The number of nitrogens with zero attached hydrogens (tertiary/aromatic N) is 5. The number of carbonyl (C=O) groups excluding carboxylic acids is 1. The molecule has 0 saturated heterocycles. The summed E-state index contributed by atoms with van der Waals surface area (Å²) >= 11 is 5.83. The Morgan fingerprint density at radius 2 is 2.18 bits per heavy atom. The molecule has 0 spiro atoms. The Balaban J connectivity index is 1.81. The molecule has 4 rings (SSSR count). The van der Waals surface area contributed by atoms with Gasteiger partial charge < -0.3 is 15.5 Å². The molecule has 8 nitrogen and oxygen atoms in total. The lowest BCUT2D eigenvalue weighted by Crippen LogP contribution is -2.23. The van der Waals surface area contributed by atoms with E-state index in [0.717, 1.165) is 17.5 Å². The molecule has 0 saturated carbocycles. The number of halogens is 2. The second-order valence-corrected chi connectivity index (χ2v) is 6.63. The molecule has 28 heavy (non-hydrogen) atoms. The molecule has 2 N–H and O–H groups in total. The van der Waals surface area contributed by atoms with Crippen LogP contribution in [0.15, 0.2) is 24.4 Å². The van der Waals surface area contributed by atoms with Crippen LogP contribution in [0, 0.1) is 5.82 Å². The minimum atomic E-state index is -2.75. The Morgan fingerprint density at radius 1 is 1.36 bits per heavy atom. The second-order valence-electron chi connectivity index (χ2n) is 6.27. The van der Waals surface area contributed by atoms with Gasteiger partial charge in [-0.25, -0.2) is 9.37 Å². The molecule has 0 atom stereocenters. The Bertz CT molecular complexity index is 1200. The molecule has 1 aromatic carbocycles. The number of hydrogen-bond donors (Lipinski definition) is 2. The van der Waals surface area contributed by atoms with Crippen molar-refractivity contribution in [1.82, 2.24) is 25.3 Å². The number of anilines is 3. The first-order valence-corrected chi connectivity index (χ1v) is 8.61. The van der Waals surface area contributed by atoms with Crippen molar-refractivity contribution < 1.29 is 13.3 Å². The lowest BCUT2D eigenvalue weighted by atomic mass is 10.0. The summed E-state index contributed by atoms with van der Waals surface area (Å²) in [4.78, 5) is 19.5. The molecule has 0 radical (unpaired) electrons. The first kappa shape index (κ1) is 14.8.